The average Bonchev–Trinajstić information content (AvgIpc) is 3.21. The highest BCUT2D eigenvalue weighted by atomic mass is 35.5. The molecule has 0 aliphatic rings. The third-order valence-corrected chi connectivity index (χ3v) is 5.91. The van der Waals surface area contributed by atoms with E-state index in [4.69, 9.17) is 16.6 Å². The maximum atomic E-state index is 13.3. The van der Waals surface area contributed by atoms with E-state index in [-0.39, 0.29) is 12.1 Å². The van der Waals surface area contributed by atoms with Crippen molar-refractivity contribution in [1.29, 1.82) is 0 Å². The summed E-state index contributed by atoms with van der Waals surface area (Å²) in [5.74, 6) is 0.0161. The number of anilines is 1. The van der Waals surface area contributed by atoms with Gasteiger partial charge < -0.3 is 10.2 Å². The molecule has 0 saturated carbocycles. The van der Waals surface area contributed by atoms with Crippen LogP contribution in [0.2, 0.25) is 5.02 Å². The Labute approximate surface area is 206 Å². The molecule has 4 aromatic rings. The molecule has 0 bridgehead atoms. The summed E-state index contributed by atoms with van der Waals surface area (Å²) >= 11 is 6.37. The van der Waals surface area contributed by atoms with Gasteiger partial charge >= 0.3 is 6.18 Å². The SMILES string of the molecule is Bc1cnn2c(NCCCN(C)C(=O)c3ccccc3C(F)(F)F)cc(-c3ccccc3Cl)nc12. The number of nitrogens with one attached hydrogen (secondary N) is 1. The Morgan fingerprint density at radius 2 is 1.89 bits per heavy atom. The molecule has 0 radical (unpaired) electrons. The molecule has 0 atom stereocenters. The van der Waals surface area contributed by atoms with Crippen LogP contribution in [0.1, 0.15) is 22.3 Å². The monoisotopic (exact) mass is 499 g/mol. The van der Waals surface area contributed by atoms with Gasteiger partial charge in [0.05, 0.1) is 16.8 Å². The molecule has 180 valence electrons. The van der Waals surface area contributed by atoms with Gasteiger partial charge in [0.2, 0.25) is 0 Å². The fourth-order valence-corrected chi connectivity index (χ4v) is 3.99. The normalized spacial score (nSPS) is 11.6. The molecule has 1 amide bonds. The van der Waals surface area contributed by atoms with Crippen LogP contribution in [-0.4, -0.2) is 53.4 Å². The molecule has 0 fully saturated rings. The number of amides is 1. The lowest BCUT2D eigenvalue weighted by molar-refractivity contribution is -0.138. The zero-order valence-corrected chi connectivity index (χ0v) is 19.9. The number of carbonyl (C=O) groups is 1. The van der Waals surface area contributed by atoms with Crippen LogP contribution in [0.3, 0.4) is 0 Å². The Bertz CT molecular complexity index is 1380. The molecule has 0 unspecified atom stereocenters. The first kappa shape index (κ1) is 24.6. The molecule has 2 aromatic carbocycles. The third-order valence-electron chi connectivity index (χ3n) is 5.58. The lowest BCUT2D eigenvalue weighted by Gasteiger charge is -2.20. The van der Waals surface area contributed by atoms with Crippen molar-refractivity contribution in [2.45, 2.75) is 12.6 Å². The van der Waals surface area contributed by atoms with Crippen molar-refractivity contribution in [2.75, 3.05) is 25.5 Å². The lowest BCUT2D eigenvalue weighted by atomic mass is 10.0. The van der Waals surface area contributed by atoms with Crippen LogP contribution >= 0.6 is 11.6 Å². The van der Waals surface area contributed by atoms with E-state index in [2.05, 4.69) is 10.4 Å². The van der Waals surface area contributed by atoms with E-state index in [0.717, 1.165) is 17.1 Å². The topological polar surface area (TPSA) is 62.5 Å². The highest BCUT2D eigenvalue weighted by molar-refractivity contribution is 6.36. The van der Waals surface area contributed by atoms with Gasteiger partial charge in [-0.2, -0.15) is 22.8 Å². The van der Waals surface area contributed by atoms with Crippen molar-refractivity contribution in [1.82, 2.24) is 19.5 Å². The van der Waals surface area contributed by atoms with E-state index in [9.17, 15) is 18.0 Å². The van der Waals surface area contributed by atoms with E-state index in [1.807, 2.05) is 32.1 Å². The highest BCUT2D eigenvalue weighted by Gasteiger charge is 2.35. The summed E-state index contributed by atoms with van der Waals surface area (Å²) in [6.07, 6.45) is -2.38. The van der Waals surface area contributed by atoms with Crippen molar-refractivity contribution in [3.8, 4) is 11.3 Å². The van der Waals surface area contributed by atoms with Gasteiger partial charge in [0.1, 0.15) is 13.7 Å². The Balaban J connectivity index is 1.46. The van der Waals surface area contributed by atoms with Gasteiger partial charge in [-0.1, -0.05) is 41.9 Å². The van der Waals surface area contributed by atoms with Crippen LogP contribution in [0.25, 0.3) is 16.9 Å². The first-order valence-corrected chi connectivity index (χ1v) is 11.3. The Kier molecular flexibility index (Phi) is 7.02. The molecule has 11 heteroatoms. The molecule has 1 N–H and O–H groups in total. The van der Waals surface area contributed by atoms with E-state index in [1.165, 1.54) is 30.1 Å². The number of fused-ring (bicyclic) bond motifs is 1. The van der Waals surface area contributed by atoms with Crippen molar-refractivity contribution >= 4 is 42.3 Å². The minimum Gasteiger partial charge on any atom is -0.370 e. The summed E-state index contributed by atoms with van der Waals surface area (Å²) in [6, 6.07) is 14.1. The smallest absolute Gasteiger partial charge is 0.370 e. The Morgan fingerprint density at radius 3 is 2.63 bits per heavy atom. The van der Waals surface area contributed by atoms with Gasteiger partial charge in [-0.3, -0.25) is 4.79 Å². The first-order chi connectivity index (χ1) is 16.7. The summed E-state index contributed by atoms with van der Waals surface area (Å²) in [7, 11) is 3.40. The Morgan fingerprint density at radius 1 is 1.17 bits per heavy atom. The summed E-state index contributed by atoms with van der Waals surface area (Å²) in [6.45, 7) is 0.722. The Hall–Kier alpha value is -3.53. The van der Waals surface area contributed by atoms with Gasteiger partial charge in [-0.15, -0.1) is 0 Å². The molecule has 35 heavy (non-hydrogen) atoms. The van der Waals surface area contributed by atoms with E-state index < -0.39 is 17.6 Å². The van der Waals surface area contributed by atoms with Crippen molar-refractivity contribution in [2.24, 2.45) is 0 Å². The number of rotatable bonds is 7. The number of aromatic nitrogens is 3. The summed E-state index contributed by atoms with van der Waals surface area (Å²) in [5, 5.41) is 8.25. The summed E-state index contributed by atoms with van der Waals surface area (Å²) in [4.78, 5) is 18.7. The van der Waals surface area contributed by atoms with Gasteiger partial charge in [0.25, 0.3) is 5.91 Å². The maximum Gasteiger partial charge on any atom is 0.417 e. The molecular formula is C24H22BClF3N5O. The second kappa shape index (κ2) is 9.99. The molecule has 2 aromatic heterocycles. The van der Waals surface area contributed by atoms with Crippen LogP contribution in [-0.2, 0) is 6.18 Å². The van der Waals surface area contributed by atoms with E-state index >= 15 is 0 Å². The molecule has 0 spiro atoms. The third kappa shape index (κ3) is 5.27. The number of carbonyl (C=O) groups excluding carboxylic acids is 1. The van der Waals surface area contributed by atoms with Crippen molar-refractivity contribution < 1.29 is 18.0 Å². The number of nitrogens with zero attached hydrogens (tertiary/aromatic N) is 4. The minimum absolute atomic E-state index is 0.266. The lowest BCUT2D eigenvalue weighted by Crippen LogP contribution is -2.30. The van der Waals surface area contributed by atoms with E-state index in [1.54, 1.807) is 16.8 Å². The molecule has 6 nitrogen and oxygen atoms in total. The number of hydrogen-bond donors (Lipinski definition) is 1. The summed E-state index contributed by atoms with van der Waals surface area (Å²) < 4.78 is 41.5. The quantitative estimate of drug-likeness (QED) is 0.309. The number of hydrogen-bond acceptors (Lipinski definition) is 4. The fraction of sp³-hybridized carbons (Fsp3) is 0.208. The van der Waals surface area contributed by atoms with Gasteiger partial charge in [-0.05, 0) is 30.1 Å². The summed E-state index contributed by atoms with van der Waals surface area (Å²) in [5.41, 5.74) is 1.76. The van der Waals surface area contributed by atoms with Gasteiger partial charge in [0.15, 0.2) is 5.65 Å². The molecule has 0 aliphatic heterocycles. The van der Waals surface area contributed by atoms with E-state index in [0.29, 0.717) is 35.1 Å². The van der Waals surface area contributed by atoms with Crippen LogP contribution in [0.15, 0.2) is 60.8 Å². The van der Waals surface area contributed by atoms with Crippen molar-refractivity contribution in [3.63, 3.8) is 0 Å². The standard InChI is InChI=1S/C24H22BClF3N5O/c1-33(23(35)15-7-2-4-9-17(15)24(27,28)29)12-6-11-30-21-13-20(16-8-3-5-10-19(16)26)32-22-18(25)14-31-34(21)22/h2-5,7-10,13-14,30H,6,11-12,25H2,1H3. The van der Waals surface area contributed by atoms with Crippen LogP contribution in [0.5, 0.6) is 0 Å². The highest BCUT2D eigenvalue weighted by Crippen LogP contribution is 2.32. The molecule has 0 aliphatic carbocycles. The minimum atomic E-state index is -4.59. The van der Waals surface area contributed by atoms with Crippen molar-refractivity contribution in [3.05, 3.63) is 76.9 Å². The largest absolute Gasteiger partial charge is 0.417 e. The first-order valence-electron chi connectivity index (χ1n) is 10.9. The number of halogens is 4. The molecule has 4 rings (SSSR count). The second-order valence-corrected chi connectivity index (χ2v) is 8.53. The van der Waals surface area contributed by atoms with Crippen LogP contribution in [0.4, 0.5) is 19.0 Å². The molecular weight excluding hydrogens is 478 g/mol. The zero-order valence-electron chi connectivity index (χ0n) is 19.1. The predicted molar refractivity (Wildman–Crippen MR) is 133 cm³/mol. The molecule has 0 saturated heterocycles. The number of benzene rings is 2. The average molecular weight is 500 g/mol. The predicted octanol–water partition coefficient (Wildman–Crippen LogP) is 3.90. The molecule has 2 heterocycles. The van der Waals surface area contributed by atoms with Crippen LogP contribution in [0, 0.1) is 0 Å². The fourth-order valence-electron chi connectivity index (χ4n) is 3.76. The van der Waals surface area contributed by atoms with Gasteiger partial charge in [0, 0.05) is 43.0 Å². The zero-order chi connectivity index (χ0) is 25.2. The maximum absolute atomic E-state index is 13.3. The van der Waals surface area contributed by atoms with Gasteiger partial charge in [-0.25, -0.2) is 4.98 Å². The van der Waals surface area contributed by atoms with Crippen LogP contribution < -0.4 is 10.8 Å². The number of alkyl halides is 3. The second-order valence-electron chi connectivity index (χ2n) is 8.12.